The molecule has 8 heteroatoms. The van der Waals surface area contributed by atoms with Crippen molar-refractivity contribution < 1.29 is 18.4 Å². The molecule has 1 aromatic carbocycles. The van der Waals surface area contributed by atoms with Crippen LogP contribution in [0.25, 0.3) is 0 Å². The number of pyridine rings is 1. The van der Waals surface area contributed by atoms with Crippen LogP contribution in [0, 0.1) is 6.92 Å². The van der Waals surface area contributed by atoms with E-state index in [1.807, 2.05) is 0 Å². The number of hydrogen-bond donors (Lipinski definition) is 2. The number of nitrogens with one attached hydrogen (secondary N) is 2. The Morgan fingerprint density at radius 2 is 1.70 bits per heavy atom. The van der Waals surface area contributed by atoms with Gasteiger partial charge in [0.25, 0.3) is 11.8 Å². The highest BCUT2D eigenvalue weighted by molar-refractivity contribution is 6.05. The molecule has 3 rings (SSSR count). The maximum Gasteiger partial charge on any atom is 0.319 e. The van der Waals surface area contributed by atoms with Crippen molar-refractivity contribution >= 4 is 23.2 Å². The highest BCUT2D eigenvalue weighted by Crippen LogP contribution is 2.21. The Hall–Kier alpha value is -3.55. The molecule has 0 bridgehead atoms. The molecule has 0 saturated heterocycles. The first-order valence-electron chi connectivity index (χ1n) is 8.04. The maximum absolute atomic E-state index is 13.1. The molecule has 0 unspecified atom stereocenters. The molecule has 0 aliphatic rings. The van der Waals surface area contributed by atoms with Crippen molar-refractivity contribution in [2.75, 3.05) is 10.6 Å². The van der Waals surface area contributed by atoms with Gasteiger partial charge in [0.15, 0.2) is 0 Å². The summed E-state index contributed by atoms with van der Waals surface area (Å²) >= 11 is 0. The van der Waals surface area contributed by atoms with Crippen LogP contribution in [0.1, 0.15) is 33.1 Å². The number of halogens is 2. The monoisotopic (exact) mass is 370 g/mol. The number of carbonyl (C=O) groups is 2. The van der Waals surface area contributed by atoms with E-state index >= 15 is 0 Å². The summed E-state index contributed by atoms with van der Waals surface area (Å²) in [5, 5.41) is 5.25. The SMILES string of the molecule is Cc1ccc(C(=O)Nc2cccc(NC(=O)c3cccnc3)c2)n1C(F)F. The van der Waals surface area contributed by atoms with Crippen molar-refractivity contribution in [3.05, 3.63) is 77.9 Å². The van der Waals surface area contributed by atoms with E-state index in [1.54, 1.807) is 36.5 Å². The third-order valence-electron chi connectivity index (χ3n) is 3.85. The van der Waals surface area contributed by atoms with Gasteiger partial charge in [0.2, 0.25) is 0 Å². The molecule has 0 aliphatic carbocycles. The number of aryl methyl sites for hydroxylation is 1. The molecule has 0 atom stereocenters. The lowest BCUT2D eigenvalue weighted by atomic mass is 10.2. The van der Waals surface area contributed by atoms with Crippen molar-refractivity contribution in [3.8, 4) is 0 Å². The highest BCUT2D eigenvalue weighted by Gasteiger charge is 2.19. The standard InChI is InChI=1S/C19H16F2N4O2/c1-12-7-8-16(25(12)19(20)21)18(27)24-15-6-2-5-14(10-15)23-17(26)13-4-3-9-22-11-13/h2-11,19H,1H3,(H,23,26)(H,24,27). The number of alkyl halides is 2. The van der Waals surface area contributed by atoms with Crippen LogP contribution in [-0.2, 0) is 0 Å². The zero-order chi connectivity index (χ0) is 19.4. The van der Waals surface area contributed by atoms with Gasteiger partial charge in [0.1, 0.15) is 5.69 Å². The third-order valence-corrected chi connectivity index (χ3v) is 3.85. The summed E-state index contributed by atoms with van der Waals surface area (Å²) in [4.78, 5) is 28.4. The van der Waals surface area contributed by atoms with E-state index in [-0.39, 0.29) is 17.3 Å². The molecular weight excluding hydrogens is 354 g/mol. The molecule has 6 nitrogen and oxygen atoms in total. The predicted molar refractivity (Wildman–Crippen MR) is 97.0 cm³/mol. The Balaban J connectivity index is 1.74. The number of hydrogen-bond acceptors (Lipinski definition) is 3. The summed E-state index contributed by atoms with van der Waals surface area (Å²) in [5.41, 5.74) is 1.34. The van der Waals surface area contributed by atoms with Gasteiger partial charge in [-0.05, 0) is 49.4 Å². The van der Waals surface area contributed by atoms with Gasteiger partial charge in [-0.25, -0.2) is 0 Å². The van der Waals surface area contributed by atoms with E-state index in [4.69, 9.17) is 0 Å². The Labute approximate surface area is 153 Å². The van der Waals surface area contributed by atoms with Crippen LogP contribution in [0.5, 0.6) is 0 Å². The second-order valence-electron chi connectivity index (χ2n) is 5.74. The van der Waals surface area contributed by atoms with Crippen LogP contribution in [0.4, 0.5) is 20.2 Å². The average Bonchev–Trinajstić information content (AvgIpc) is 3.04. The Morgan fingerprint density at radius 3 is 2.33 bits per heavy atom. The van der Waals surface area contributed by atoms with E-state index in [0.29, 0.717) is 21.5 Å². The van der Waals surface area contributed by atoms with Crippen LogP contribution in [0.3, 0.4) is 0 Å². The molecule has 2 heterocycles. The topological polar surface area (TPSA) is 76.0 Å². The van der Waals surface area contributed by atoms with Gasteiger partial charge in [0.05, 0.1) is 5.56 Å². The quantitative estimate of drug-likeness (QED) is 0.710. The molecule has 2 amide bonds. The molecule has 2 aromatic heterocycles. The zero-order valence-electron chi connectivity index (χ0n) is 14.3. The fraction of sp³-hybridized carbons (Fsp3) is 0.105. The van der Waals surface area contributed by atoms with Gasteiger partial charge in [-0.15, -0.1) is 0 Å². The van der Waals surface area contributed by atoms with Gasteiger partial charge in [-0.1, -0.05) is 6.07 Å². The van der Waals surface area contributed by atoms with Crippen LogP contribution in [0.2, 0.25) is 0 Å². The normalized spacial score (nSPS) is 10.7. The first-order valence-corrected chi connectivity index (χ1v) is 8.04. The third kappa shape index (κ3) is 4.17. The molecule has 138 valence electrons. The minimum Gasteiger partial charge on any atom is -0.322 e. The Morgan fingerprint density at radius 1 is 1.00 bits per heavy atom. The Bertz CT molecular complexity index is 971. The molecule has 2 N–H and O–H groups in total. The zero-order valence-corrected chi connectivity index (χ0v) is 14.3. The van der Waals surface area contributed by atoms with E-state index < -0.39 is 12.5 Å². The number of amides is 2. The number of rotatable bonds is 5. The first-order chi connectivity index (χ1) is 13.0. The van der Waals surface area contributed by atoms with E-state index in [9.17, 15) is 18.4 Å². The van der Waals surface area contributed by atoms with E-state index in [0.717, 1.165) is 0 Å². The lowest BCUT2D eigenvalue weighted by Crippen LogP contribution is -2.18. The molecule has 0 fully saturated rings. The number of aromatic nitrogens is 2. The summed E-state index contributed by atoms with van der Waals surface area (Å²) in [6.45, 7) is -1.32. The van der Waals surface area contributed by atoms with Crippen LogP contribution in [-0.4, -0.2) is 21.4 Å². The number of nitrogens with zero attached hydrogens (tertiary/aromatic N) is 2. The summed E-state index contributed by atoms with van der Waals surface area (Å²) in [5.74, 6) is -1.02. The highest BCUT2D eigenvalue weighted by atomic mass is 19.3. The second-order valence-corrected chi connectivity index (χ2v) is 5.74. The maximum atomic E-state index is 13.1. The van der Waals surface area contributed by atoms with Crippen molar-refractivity contribution in [1.82, 2.24) is 9.55 Å². The number of carbonyl (C=O) groups excluding carboxylic acids is 2. The predicted octanol–water partition coefficient (Wildman–Crippen LogP) is 4.09. The van der Waals surface area contributed by atoms with Crippen molar-refractivity contribution in [2.24, 2.45) is 0 Å². The van der Waals surface area contributed by atoms with Gasteiger partial charge < -0.3 is 10.6 Å². The largest absolute Gasteiger partial charge is 0.322 e. The first kappa shape index (κ1) is 18.2. The lowest BCUT2D eigenvalue weighted by molar-refractivity contribution is 0.0632. The van der Waals surface area contributed by atoms with Crippen LogP contribution < -0.4 is 10.6 Å². The van der Waals surface area contributed by atoms with Crippen LogP contribution >= 0.6 is 0 Å². The van der Waals surface area contributed by atoms with Gasteiger partial charge in [-0.3, -0.25) is 19.1 Å². The molecular formula is C19H16F2N4O2. The van der Waals surface area contributed by atoms with Crippen molar-refractivity contribution in [1.29, 1.82) is 0 Å². The van der Waals surface area contributed by atoms with Gasteiger partial charge in [-0.2, -0.15) is 8.78 Å². The minimum atomic E-state index is -2.81. The smallest absolute Gasteiger partial charge is 0.319 e. The molecule has 3 aromatic rings. The molecule has 0 radical (unpaired) electrons. The molecule has 27 heavy (non-hydrogen) atoms. The average molecular weight is 370 g/mol. The Kier molecular flexibility index (Phi) is 5.25. The molecule has 0 spiro atoms. The summed E-state index contributed by atoms with van der Waals surface area (Å²) in [7, 11) is 0. The molecule has 0 saturated carbocycles. The summed E-state index contributed by atoms with van der Waals surface area (Å²) < 4.78 is 26.9. The number of anilines is 2. The van der Waals surface area contributed by atoms with Crippen LogP contribution in [0.15, 0.2) is 60.9 Å². The lowest BCUT2D eigenvalue weighted by Gasteiger charge is -2.12. The van der Waals surface area contributed by atoms with Crippen molar-refractivity contribution in [2.45, 2.75) is 13.5 Å². The van der Waals surface area contributed by atoms with E-state index in [2.05, 4.69) is 15.6 Å². The fourth-order valence-corrected chi connectivity index (χ4v) is 2.56. The van der Waals surface area contributed by atoms with E-state index in [1.165, 1.54) is 31.3 Å². The second kappa shape index (κ2) is 7.77. The fourth-order valence-electron chi connectivity index (χ4n) is 2.56. The van der Waals surface area contributed by atoms with Gasteiger partial charge >= 0.3 is 6.55 Å². The summed E-state index contributed by atoms with van der Waals surface area (Å²) in [6, 6.07) is 12.5. The van der Waals surface area contributed by atoms with Crippen molar-refractivity contribution in [3.63, 3.8) is 0 Å². The van der Waals surface area contributed by atoms with Gasteiger partial charge in [0, 0.05) is 29.5 Å². The number of benzene rings is 1. The molecule has 0 aliphatic heterocycles. The minimum absolute atomic E-state index is 0.146. The summed E-state index contributed by atoms with van der Waals surface area (Å²) in [6.07, 6.45) is 2.99.